The number of nitrogens with one attached hydrogen (secondary N) is 2. The summed E-state index contributed by atoms with van der Waals surface area (Å²) < 4.78 is 44.9. The fourth-order valence-electron chi connectivity index (χ4n) is 3.98. The number of carbonyl (C=O) groups is 1. The van der Waals surface area contributed by atoms with Gasteiger partial charge in [0, 0.05) is 55.4 Å². The van der Waals surface area contributed by atoms with Crippen LogP contribution in [0.5, 0.6) is 5.75 Å². The largest absolute Gasteiger partial charge is 0.434 e. The molecule has 1 amide bonds. The number of aliphatic hydroxyl groups is 1. The predicted molar refractivity (Wildman–Crippen MR) is 146 cm³/mol. The Morgan fingerprint density at radius 3 is 2.48 bits per heavy atom. The molecular formula is C27H27F3N6O3S. The molecule has 210 valence electrons. The molecule has 40 heavy (non-hydrogen) atoms. The SMILES string of the molecule is CNC(=O)c1ccc(-c2cnc(C(C)(C)O)nc2)cc1NCc1cc(Cc2cnn(SF)c2)ccc1OC(F)F. The number of anilines is 1. The van der Waals surface area contributed by atoms with Gasteiger partial charge in [0.15, 0.2) is 18.2 Å². The Balaban J connectivity index is 1.64. The second-order valence-electron chi connectivity index (χ2n) is 9.36. The van der Waals surface area contributed by atoms with Crippen molar-refractivity contribution in [2.24, 2.45) is 0 Å². The summed E-state index contributed by atoms with van der Waals surface area (Å²) in [4.78, 5) is 21.1. The zero-order chi connectivity index (χ0) is 28.9. The van der Waals surface area contributed by atoms with Crippen LogP contribution < -0.4 is 15.4 Å². The van der Waals surface area contributed by atoms with Crippen LogP contribution in [0.25, 0.3) is 11.1 Å². The molecule has 2 heterocycles. The van der Waals surface area contributed by atoms with Crippen LogP contribution in [-0.4, -0.2) is 43.8 Å². The number of halogens is 3. The summed E-state index contributed by atoms with van der Waals surface area (Å²) in [7, 11) is 1.50. The van der Waals surface area contributed by atoms with Crippen LogP contribution in [-0.2, 0) is 18.6 Å². The Hall–Kier alpha value is -4.10. The van der Waals surface area contributed by atoms with E-state index in [2.05, 4.69) is 25.7 Å². The van der Waals surface area contributed by atoms with E-state index in [0.717, 1.165) is 15.2 Å². The van der Waals surface area contributed by atoms with Crippen LogP contribution >= 0.6 is 12.3 Å². The summed E-state index contributed by atoms with van der Waals surface area (Å²) in [6.07, 6.45) is 6.58. The van der Waals surface area contributed by atoms with Crippen molar-refractivity contribution in [3.63, 3.8) is 0 Å². The van der Waals surface area contributed by atoms with E-state index >= 15 is 0 Å². The van der Waals surface area contributed by atoms with E-state index in [1.165, 1.54) is 25.5 Å². The molecule has 0 saturated carbocycles. The van der Waals surface area contributed by atoms with Gasteiger partial charge in [-0.2, -0.15) is 18.0 Å². The lowest BCUT2D eigenvalue weighted by molar-refractivity contribution is -0.0504. The number of nitrogens with zero attached hydrogens (tertiary/aromatic N) is 4. The average Bonchev–Trinajstić information content (AvgIpc) is 3.39. The molecule has 0 fully saturated rings. The highest BCUT2D eigenvalue weighted by Crippen LogP contribution is 2.29. The van der Waals surface area contributed by atoms with E-state index < -0.39 is 12.2 Å². The van der Waals surface area contributed by atoms with E-state index in [1.807, 2.05) is 0 Å². The molecule has 0 radical (unpaired) electrons. The van der Waals surface area contributed by atoms with Crippen molar-refractivity contribution in [1.29, 1.82) is 0 Å². The Kier molecular flexibility index (Phi) is 8.95. The van der Waals surface area contributed by atoms with Crippen molar-refractivity contribution >= 4 is 23.9 Å². The second kappa shape index (κ2) is 12.4. The monoisotopic (exact) mass is 572 g/mol. The van der Waals surface area contributed by atoms with E-state index in [-0.39, 0.29) is 36.4 Å². The first kappa shape index (κ1) is 28.9. The predicted octanol–water partition coefficient (Wildman–Crippen LogP) is 5.11. The zero-order valence-corrected chi connectivity index (χ0v) is 22.7. The quantitative estimate of drug-likeness (QED) is 0.227. The fourth-order valence-corrected chi connectivity index (χ4v) is 4.24. The first-order chi connectivity index (χ1) is 19.1. The molecule has 0 aliphatic rings. The zero-order valence-electron chi connectivity index (χ0n) is 21.9. The highest BCUT2D eigenvalue weighted by atomic mass is 32.2. The maximum absolute atomic E-state index is 13.1. The van der Waals surface area contributed by atoms with Gasteiger partial charge in [0.1, 0.15) is 11.4 Å². The molecule has 0 bridgehead atoms. The Labute approximate surface area is 233 Å². The van der Waals surface area contributed by atoms with Crippen LogP contribution in [0.3, 0.4) is 0 Å². The smallest absolute Gasteiger partial charge is 0.387 e. The van der Waals surface area contributed by atoms with Crippen molar-refractivity contribution in [2.45, 2.75) is 39.0 Å². The number of rotatable bonds is 11. The number of benzene rings is 2. The van der Waals surface area contributed by atoms with Gasteiger partial charge in [0.2, 0.25) is 0 Å². The molecule has 0 spiro atoms. The van der Waals surface area contributed by atoms with Crippen molar-refractivity contribution in [3.05, 3.63) is 89.3 Å². The van der Waals surface area contributed by atoms with Gasteiger partial charge in [0.25, 0.3) is 5.91 Å². The average molecular weight is 573 g/mol. The third kappa shape index (κ3) is 7.10. The van der Waals surface area contributed by atoms with E-state index in [4.69, 9.17) is 4.74 Å². The van der Waals surface area contributed by atoms with Crippen LogP contribution in [0.1, 0.15) is 46.7 Å². The summed E-state index contributed by atoms with van der Waals surface area (Å²) in [6, 6.07) is 9.90. The number of aromatic nitrogens is 4. The molecule has 9 nitrogen and oxygen atoms in total. The third-order valence-corrected chi connectivity index (χ3v) is 6.27. The molecule has 0 aliphatic carbocycles. The summed E-state index contributed by atoms with van der Waals surface area (Å²) in [5.74, 6) is -0.100. The third-order valence-electron chi connectivity index (χ3n) is 5.93. The van der Waals surface area contributed by atoms with Gasteiger partial charge < -0.3 is 20.5 Å². The molecular weight excluding hydrogens is 545 g/mol. The van der Waals surface area contributed by atoms with Gasteiger partial charge in [-0.25, -0.2) is 9.97 Å². The molecule has 3 N–H and O–H groups in total. The van der Waals surface area contributed by atoms with Crippen LogP contribution in [0.4, 0.5) is 18.4 Å². The molecule has 13 heteroatoms. The minimum atomic E-state index is -3.03. The van der Waals surface area contributed by atoms with Crippen molar-refractivity contribution in [1.82, 2.24) is 24.5 Å². The first-order valence-corrected chi connectivity index (χ1v) is 12.8. The molecule has 4 rings (SSSR count). The summed E-state index contributed by atoms with van der Waals surface area (Å²) in [5.41, 5.74) is 2.85. The number of alkyl halides is 2. The van der Waals surface area contributed by atoms with Gasteiger partial charge in [-0.05, 0) is 54.8 Å². The van der Waals surface area contributed by atoms with Crippen LogP contribution in [0.15, 0.2) is 61.2 Å². The number of amides is 1. The highest BCUT2D eigenvalue weighted by molar-refractivity contribution is 7.92. The minimum absolute atomic E-state index is 0.0190. The van der Waals surface area contributed by atoms with E-state index in [1.54, 1.807) is 56.6 Å². The molecule has 0 unspecified atom stereocenters. The van der Waals surface area contributed by atoms with Gasteiger partial charge in [-0.1, -0.05) is 12.1 Å². The molecule has 0 saturated heterocycles. The summed E-state index contributed by atoms with van der Waals surface area (Å²) in [5, 5.41) is 19.8. The maximum Gasteiger partial charge on any atom is 0.387 e. The molecule has 0 atom stereocenters. The molecule has 2 aromatic heterocycles. The number of hydrogen-bond donors (Lipinski definition) is 3. The van der Waals surface area contributed by atoms with Crippen molar-refractivity contribution in [2.75, 3.05) is 12.4 Å². The second-order valence-corrected chi connectivity index (χ2v) is 9.88. The first-order valence-electron chi connectivity index (χ1n) is 12.1. The fraction of sp³-hybridized carbons (Fsp3) is 0.259. The Morgan fingerprint density at radius 2 is 1.85 bits per heavy atom. The molecule has 4 aromatic rings. The summed E-state index contributed by atoms with van der Waals surface area (Å²) in [6.45, 7) is 0.191. The molecule has 0 aliphatic heterocycles. The number of carbonyl (C=O) groups excluding carboxylic acids is 1. The lowest BCUT2D eigenvalue weighted by Crippen LogP contribution is -2.20. The van der Waals surface area contributed by atoms with E-state index in [9.17, 15) is 22.6 Å². The topological polar surface area (TPSA) is 114 Å². The number of hydrogen-bond acceptors (Lipinski definition) is 8. The van der Waals surface area contributed by atoms with Crippen molar-refractivity contribution < 1.29 is 27.3 Å². The molecule has 2 aromatic carbocycles. The summed E-state index contributed by atoms with van der Waals surface area (Å²) >= 11 is -0.0345. The standard InChI is InChI=1S/C27H27F3N6O3S/c1-27(2,38)25-33-13-20(14-34-25)18-5-6-21(24(37)31-3)22(10-18)32-12-19-9-16(4-7-23(19)39-26(28)29)8-17-11-35-36(15-17)40-30/h4-7,9-11,13-15,26,32,38H,8,12H2,1-3H3,(H,31,37). The van der Waals surface area contributed by atoms with Crippen molar-refractivity contribution in [3.8, 4) is 16.9 Å². The van der Waals surface area contributed by atoms with E-state index in [0.29, 0.717) is 34.4 Å². The van der Waals surface area contributed by atoms with Crippen LogP contribution in [0.2, 0.25) is 0 Å². The normalized spacial score (nSPS) is 11.5. The number of ether oxygens (including phenoxy) is 1. The van der Waals surface area contributed by atoms with Gasteiger partial charge >= 0.3 is 6.61 Å². The van der Waals surface area contributed by atoms with Crippen LogP contribution in [0, 0.1) is 0 Å². The van der Waals surface area contributed by atoms with Gasteiger partial charge in [-0.3, -0.25) is 4.79 Å². The lowest BCUT2D eigenvalue weighted by Gasteiger charge is -2.17. The van der Waals surface area contributed by atoms with Gasteiger partial charge in [0.05, 0.1) is 11.8 Å². The Bertz CT molecular complexity index is 1480. The maximum atomic E-state index is 13.1. The Morgan fingerprint density at radius 1 is 1.10 bits per heavy atom. The highest BCUT2D eigenvalue weighted by Gasteiger charge is 2.20. The minimum Gasteiger partial charge on any atom is -0.434 e. The lowest BCUT2D eigenvalue weighted by atomic mass is 10.0. The van der Waals surface area contributed by atoms with Gasteiger partial charge in [-0.15, -0.1) is 3.89 Å².